The quantitative estimate of drug-likeness (QED) is 0.840. The van der Waals surface area contributed by atoms with Crippen LogP contribution in [0, 0.1) is 16.7 Å². The van der Waals surface area contributed by atoms with Gasteiger partial charge in [0.25, 0.3) is 0 Å². The minimum absolute atomic E-state index is 0.0108. The summed E-state index contributed by atoms with van der Waals surface area (Å²) in [4.78, 5) is 23.6. The average Bonchev–Trinajstić information content (AvgIpc) is 2.74. The summed E-state index contributed by atoms with van der Waals surface area (Å²) in [5.74, 6) is -0.348. The summed E-state index contributed by atoms with van der Waals surface area (Å²) in [6.07, 6.45) is 3.98. The predicted octanol–water partition coefficient (Wildman–Crippen LogP) is 3.79. The molecule has 0 saturated heterocycles. The topological polar surface area (TPSA) is 54.4 Å². The first-order chi connectivity index (χ1) is 9.77. The lowest BCUT2D eigenvalue weighted by Gasteiger charge is -2.31. The average molecular weight is 284 g/mol. The van der Waals surface area contributed by atoms with Gasteiger partial charge in [0.05, 0.1) is 5.56 Å². The number of Topliss-reactive ketones (excluding diaryl/α,β-unsaturated/α-hetero) is 1. The van der Waals surface area contributed by atoms with Gasteiger partial charge >= 0.3 is 5.97 Å². The Kier molecular flexibility index (Phi) is 2.88. The van der Waals surface area contributed by atoms with Crippen LogP contribution in [0.15, 0.2) is 29.8 Å². The molecule has 2 atom stereocenters. The molecule has 3 rings (SSSR count). The first-order valence-electron chi connectivity index (χ1n) is 7.37. The van der Waals surface area contributed by atoms with Gasteiger partial charge in [0.15, 0.2) is 5.78 Å². The molecule has 2 aliphatic rings. The number of hydrogen-bond acceptors (Lipinski definition) is 2. The van der Waals surface area contributed by atoms with Gasteiger partial charge in [0.1, 0.15) is 0 Å². The van der Waals surface area contributed by atoms with E-state index in [0.717, 1.165) is 24.0 Å². The highest BCUT2D eigenvalue weighted by molar-refractivity contribution is 6.08. The number of hydrogen-bond donors (Lipinski definition) is 1. The third-order valence-corrected chi connectivity index (χ3v) is 5.84. The minimum atomic E-state index is -0.932. The number of carboxylic acids is 1. The Morgan fingerprint density at radius 3 is 2.33 bits per heavy atom. The van der Waals surface area contributed by atoms with Crippen molar-refractivity contribution in [1.82, 2.24) is 0 Å². The van der Waals surface area contributed by atoms with Crippen molar-refractivity contribution in [2.75, 3.05) is 0 Å². The Labute approximate surface area is 124 Å². The summed E-state index contributed by atoms with van der Waals surface area (Å²) >= 11 is 0. The second kappa shape index (κ2) is 4.30. The molecule has 2 saturated carbocycles. The zero-order valence-corrected chi connectivity index (χ0v) is 12.6. The molecule has 1 N–H and O–H groups in total. The zero-order chi connectivity index (χ0) is 15.4. The summed E-state index contributed by atoms with van der Waals surface area (Å²) in [6.45, 7) is 6.47. The molecule has 2 aliphatic carbocycles. The smallest absolute Gasteiger partial charge is 0.335 e. The number of ketones is 1. The minimum Gasteiger partial charge on any atom is -0.478 e. The van der Waals surface area contributed by atoms with Crippen molar-refractivity contribution < 1.29 is 14.7 Å². The van der Waals surface area contributed by atoms with Gasteiger partial charge in [-0.15, -0.1) is 0 Å². The van der Waals surface area contributed by atoms with Crippen LogP contribution in [0.3, 0.4) is 0 Å². The maximum Gasteiger partial charge on any atom is 0.335 e. The number of allylic oxidation sites excluding steroid dienone is 1. The summed E-state index contributed by atoms with van der Waals surface area (Å²) in [5.41, 5.74) is 1.84. The molecule has 0 aliphatic heterocycles. The van der Waals surface area contributed by atoms with Crippen molar-refractivity contribution in [3.05, 3.63) is 41.0 Å². The lowest BCUT2D eigenvalue weighted by atomic mass is 9.70. The number of benzene rings is 1. The lowest BCUT2D eigenvalue weighted by Crippen LogP contribution is -2.32. The molecule has 0 aromatic heterocycles. The van der Waals surface area contributed by atoms with Crippen LogP contribution in [0.2, 0.25) is 0 Å². The fourth-order valence-electron chi connectivity index (χ4n) is 4.00. The van der Waals surface area contributed by atoms with Gasteiger partial charge in [0.2, 0.25) is 0 Å². The molecular formula is C18H20O3. The number of carbonyl (C=O) groups excluding carboxylic acids is 1. The normalized spacial score (nSPS) is 31.9. The zero-order valence-electron chi connectivity index (χ0n) is 12.6. The van der Waals surface area contributed by atoms with E-state index >= 15 is 0 Å². The van der Waals surface area contributed by atoms with Crippen molar-refractivity contribution in [2.24, 2.45) is 16.7 Å². The molecule has 0 radical (unpaired) electrons. The summed E-state index contributed by atoms with van der Waals surface area (Å²) in [5, 5.41) is 8.92. The molecule has 2 unspecified atom stereocenters. The molecule has 110 valence electrons. The van der Waals surface area contributed by atoms with Crippen LogP contribution >= 0.6 is 0 Å². The van der Waals surface area contributed by atoms with Crippen molar-refractivity contribution >= 4 is 17.8 Å². The number of aromatic carboxylic acids is 1. The van der Waals surface area contributed by atoms with Crippen LogP contribution in [-0.4, -0.2) is 16.9 Å². The Morgan fingerprint density at radius 1 is 1.24 bits per heavy atom. The van der Waals surface area contributed by atoms with E-state index in [9.17, 15) is 9.59 Å². The summed E-state index contributed by atoms with van der Waals surface area (Å²) < 4.78 is 0. The Bertz CT molecular complexity index is 652. The maximum atomic E-state index is 12.7. The van der Waals surface area contributed by atoms with Crippen molar-refractivity contribution in [3.63, 3.8) is 0 Å². The van der Waals surface area contributed by atoms with Gasteiger partial charge in [-0.3, -0.25) is 4.79 Å². The van der Waals surface area contributed by atoms with E-state index in [2.05, 4.69) is 20.8 Å². The van der Waals surface area contributed by atoms with E-state index in [1.54, 1.807) is 24.3 Å². The Morgan fingerprint density at radius 2 is 1.86 bits per heavy atom. The fourth-order valence-corrected chi connectivity index (χ4v) is 4.00. The van der Waals surface area contributed by atoms with Crippen LogP contribution in [0.4, 0.5) is 0 Å². The molecule has 2 bridgehead atoms. The first-order valence-corrected chi connectivity index (χ1v) is 7.37. The molecule has 2 fully saturated rings. The summed E-state index contributed by atoms with van der Waals surface area (Å²) in [6, 6.07) is 6.70. The van der Waals surface area contributed by atoms with E-state index in [1.807, 2.05) is 6.08 Å². The molecular weight excluding hydrogens is 264 g/mol. The number of carbonyl (C=O) groups is 2. The lowest BCUT2D eigenvalue weighted by molar-refractivity contribution is -0.125. The van der Waals surface area contributed by atoms with Gasteiger partial charge in [-0.2, -0.15) is 0 Å². The van der Waals surface area contributed by atoms with Gasteiger partial charge in [-0.05, 0) is 53.5 Å². The Balaban J connectivity index is 1.98. The van der Waals surface area contributed by atoms with Crippen LogP contribution in [0.25, 0.3) is 6.08 Å². The van der Waals surface area contributed by atoms with Crippen LogP contribution < -0.4 is 0 Å². The van der Waals surface area contributed by atoms with E-state index in [-0.39, 0.29) is 22.2 Å². The van der Waals surface area contributed by atoms with Crippen LogP contribution in [0.1, 0.15) is 49.5 Å². The molecule has 3 nitrogen and oxygen atoms in total. The van der Waals surface area contributed by atoms with Crippen molar-refractivity contribution in [1.29, 1.82) is 0 Å². The van der Waals surface area contributed by atoms with Gasteiger partial charge < -0.3 is 5.11 Å². The molecule has 1 aromatic rings. The third-order valence-electron chi connectivity index (χ3n) is 5.84. The molecule has 1 aromatic carbocycles. The standard InChI is InChI=1S/C18H20O3/c1-17(2)14-8-9-18(17,3)15(19)13(14)10-11-4-6-12(7-5-11)16(20)21/h4-7,10,14H,8-9H2,1-3H3,(H,20,21)/b13-10-. The largest absolute Gasteiger partial charge is 0.478 e. The number of carboxylic acid groups (broad SMARTS) is 1. The second-order valence-electron chi connectivity index (χ2n) is 7.00. The molecule has 0 spiro atoms. The molecule has 0 amide bonds. The highest BCUT2D eigenvalue weighted by Crippen LogP contribution is 2.65. The monoisotopic (exact) mass is 284 g/mol. The predicted molar refractivity (Wildman–Crippen MR) is 81.0 cm³/mol. The van der Waals surface area contributed by atoms with Crippen molar-refractivity contribution in [2.45, 2.75) is 33.6 Å². The molecule has 21 heavy (non-hydrogen) atoms. The van der Waals surface area contributed by atoms with E-state index < -0.39 is 5.97 Å². The highest BCUT2D eigenvalue weighted by atomic mass is 16.4. The van der Waals surface area contributed by atoms with Gasteiger partial charge in [-0.1, -0.05) is 32.9 Å². The Hall–Kier alpha value is -1.90. The second-order valence-corrected chi connectivity index (χ2v) is 7.00. The first kappa shape index (κ1) is 14.1. The third kappa shape index (κ3) is 1.80. The van der Waals surface area contributed by atoms with Gasteiger partial charge in [-0.25, -0.2) is 4.79 Å². The molecule has 0 heterocycles. The molecule has 3 heteroatoms. The SMILES string of the molecule is CC12CCC(/C(=C/c3ccc(C(=O)O)cc3)C1=O)C2(C)C. The van der Waals surface area contributed by atoms with Crippen molar-refractivity contribution in [3.8, 4) is 0 Å². The van der Waals surface area contributed by atoms with Crippen LogP contribution in [-0.2, 0) is 4.79 Å². The number of fused-ring (bicyclic) bond motifs is 2. The maximum absolute atomic E-state index is 12.7. The fraction of sp³-hybridized carbons (Fsp3) is 0.444. The number of rotatable bonds is 2. The summed E-state index contributed by atoms with van der Waals surface area (Å²) in [7, 11) is 0. The van der Waals surface area contributed by atoms with E-state index in [0.29, 0.717) is 5.92 Å². The van der Waals surface area contributed by atoms with E-state index in [4.69, 9.17) is 5.11 Å². The van der Waals surface area contributed by atoms with E-state index in [1.165, 1.54) is 0 Å². The van der Waals surface area contributed by atoms with Crippen LogP contribution in [0.5, 0.6) is 0 Å². The van der Waals surface area contributed by atoms with Gasteiger partial charge in [0, 0.05) is 5.41 Å². The highest BCUT2D eigenvalue weighted by Gasteiger charge is 2.63.